The molecule has 1 aromatic carbocycles. The van der Waals surface area contributed by atoms with E-state index in [2.05, 4.69) is 4.74 Å². The third kappa shape index (κ3) is 2.14. The Morgan fingerprint density at radius 3 is 2.38 bits per heavy atom. The minimum Gasteiger partial charge on any atom is -0.431 e. The second-order valence-electron chi connectivity index (χ2n) is 2.70. The molecule has 0 amide bonds. The van der Waals surface area contributed by atoms with Crippen LogP contribution in [0.25, 0.3) is 0 Å². The van der Waals surface area contributed by atoms with E-state index >= 15 is 0 Å². The van der Waals surface area contributed by atoms with Gasteiger partial charge in [-0.2, -0.15) is 8.78 Å². The summed E-state index contributed by atoms with van der Waals surface area (Å²) in [5.74, 6) is -1.13. The van der Waals surface area contributed by atoms with Crippen LogP contribution in [0.2, 0.25) is 0 Å². The Balaban J connectivity index is 3.10. The maximum atomic E-state index is 12.9. The number of ether oxygens (including phenoxy) is 1. The van der Waals surface area contributed by atoms with Crippen molar-refractivity contribution in [2.45, 2.75) is 20.5 Å². The van der Waals surface area contributed by atoms with Crippen LogP contribution in [-0.2, 0) is 0 Å². The molecule has 1 nitrogen and oxygen atoms in total. The van der Waals surface area contributed by atoms with Crippen LogP contribution in [0, 0.1) is 19.7 Å². The summed E-state index contributed by atoms with van der Waals surface area (Å²) in [4.78, 5) is 0. The zero-order valence-corrected chi connectivity index (χ0v) is 7.27. The van der Waals surface area contributed by atoms with Crippen LogP contribution in [0.4, 0.5) is 13.2 Å². The summed E-state index contributed by atoms with van der Waals surface area (Å²) in [5, 5.41) is 0. The topological polar surface area (TPSA) is 9.23 Å². The van der Waals surface area contributed by atoms with Crippen molar-refractivity contribution >= 4 is 0 Å². The predicted octanol–water partition coefficient (Wildman–Crippen LogP) is 3.04. The molecule has 0 aliphatic rings. The van der Waals surface area contributed by atoms with Crippen molar-refractivity contribution in [1.29, 1.82) is 0 Å². The fourth-order valence-corrected chi connectivity index (χ4v) is 0.991. The van der Waals surface area contributed by atoms with E-state index in [0.717, 1.165) is 11.6 Å². The van der Waals surface area contributed by atoms with E-state index in [1.807, 2.05) is 0 Å². The minimum atomic E-state index is -2.99. The van der Waals surface area contributed by atoms with E-state index in [0.29, 0.717) is 5.56 Å². The molecule has 4 heteroatoms. The molecule has 0 radical (unpaired) electrons. The lowest BCUT2D eigenvalue weighted by Crippen LogP contribution is -2.05. The number of hydrogen-bond acceptors (Lipinski definition) is 1. The number of halogens is 3. The lowest BCUT2D eigenvalue weighted by atomic mass is 10.1. The molecule has 0 unspecified atom stereocenters. The van der Waals surface area contributed by atoms with E-state index in [9.17, 15) is 13.2 Å². The van der Waals surface area contributed by atoms with Gasteiger partial charge in [0, 0.05) is 0 Å². The molecule has 0 aromatic heterocycles. The van der Waals surface area contributed by atoms with Gasteiger partial charge in [0.1, 0.15) is 0 Å². The summed E-state index contributed by atoms with van der Waals surface area (Å²) in [5.41, 5.74) is 1.12. The summed E-state index contributed by atoms with van der Waals surface area (Å²) in [7, 11) is 0. The summed E-state index contributed by atoms with van der Waals surface area (Å²) >= 11 is 0. The summed E-state index contributed by atoms with van der Waals surface area (Å²) < 4.78 is 40.6. The Morgan fingerprint density at radius 1 is 1.23 bits per heavy atom. The number of hydrogen-bond donors (Lipinski definition) is 0. The van der Waals surface area contributed by atoms with Crippen LogP contribution in [-0.4, -0.2) is 6.61 Å². The lowest BCUT2D eigenvalue weighted by molar-refractivity contribution is -0.0526. The van der Waals surface area contributed by atoms with Crippen molar-refractivity contribution < 1.29 is 17.9 Å². The molecule has 0 heterocycles. The molecule has 72 valence electrons. The maximum absolute atomic E-state index is 12.9. The Bertz CT molecular complexity index is 310. The van der Waals surface area contributed by atoms with Gasteiger partial charge in [-0.05, 0) is 31.0 Å². The van der Waals surface area contributed by atoms with Crippen molar-refractivity contribution in [3.63, 3.8) is 0 Å². The smallest absolute Gasteiger partial charge is 0.387 e. The fraction of sp³-hybridized carbons (Fsp3) is 0.333. The van der Waals surface area contributed by atoms with Gasteiger partial charge in [0.25, 0.3) is 0 Å². The molecule has 0 saturated heterocycles. The van der Waals surface area contributed by atoms with Crippen LogP contribution in [0.1, 0.15) is 11.1 Å². The molecule has 13 heavy (non-hydrogen) atoms. The fourth-order valence-electron chi connectivity index (χ4n) is 0.991. The summed E-state index contributed by atoms with van der Waals surface area (Å²) in [6, 6.07) is 2.63. The SMILES string of the molecule is Cc1ccc(F)c(OC(F)F)c1C. The van der Waals surface area contributed by atoms with Gasteiger partial charge in [0.15, 0.2) is 11.6 Å². The normalized spacial score (nSPS) is 10.6. The highest BCUT2D eigenvalue weighted by atomic mass is 19.3. The average Bonchev–Trinajstić information content (AvgIpc) is 2.05. The van der Waals surface area contributed by atoms with Gasteiger partial charge in [0.2, 0.25) is 0 Å². The van der Waals surface area contributed by atoms with Crippen LogP contribution in [0.15, 0.2) is 12.1 Å². The number of alkyl halides is 2. The van der Waals surface area contributed by atoms with Gasteiger partial charge in [0.05, 0.1) is 0 Å². The zero-order chi connectivity index (χ0) is 10.0. The van der Waals surface area contributed by atoms with Crippen molar-refractivity contribution in [3.05, 3.63) is 29.1 Å². The van der Waals surface area contributed by atoms with Gasteiger partial charge >= 0.3 is 6.61 Å². The Morgan fingerprint density at radius 2 is 1.85 bits per heavy atom. The molecule has 0 aliphatic heterocycles. The molecular formula is C9H9F3O. The Hall–Kier alpha value is -1.19. The third-order valence-corrected chi connectivity index (χ3v) is 1.84. The lowest BCUT2D eigenvalue weighted by Gasteiger charge is -2.10. The summed E-state index contributed by atoms with van der Waals surface area (Å²) in [6.07, 6.45) is 0. The number of aryl methyl sites for hydroxylation is 1. The predicted molar refractivity (Wildman–Crippen MR) is 42.5 cm³/mol. The van der Waals surface area contributed by atoms with Crippen molar-refractivity contribution in [3.8, 4) is 5.75 Å². The molecule has 0 saturated carbocycles. The van der Waals surface area contributed by atoms with Crippen LogP contribution in [0.3, 0.4) is 0 Å². The number of benzene rings is 1. The number of rotatable bonds is 2. The highest BCUT2D eigenvalue weighted by molar-refractivity contribution is 5.39. The van der Waals surface area contributed by atoms with Crippen molar-refractivity contribution in [2.75, 3.05) is 0 Å². The first-order valence-corrected chi connectivity index (χ1v) is 3.73. The van der Waals surface area contributed by atoms with Crippen molar-refractivity contribution in [2.24, 2.45) is 0 Å². The first kappa shape index (κ1) is 9.89. The quantitative estimate of drug-likeness (QED) is 0.696. The minimum absolute atomic E-state index is 0.366. The van der Waals surface area contributed by atoms with E-state index in [1.54, 1.807) is 6.92 Å². The molecule has 0 bridgehead atoms. The monoisotopic (exact) mass is 190 g/mol. The zero-order valence-electron chi connectivity index (χ0n) is 7.27. The van der Waals surface area contributed by atoms with Crippen molar-refractivity contribution in [1.82, 2.24) is 0 Å². The van der Waals surface area contributed by atoms with Gasteiger partial charge in [-0.25, -0.2) is 4.39 Å². The summed E-state index contributed by atoms with van der Waals surface area (Å²) in [6.45, 7) is 0.249. The maximum Gasteiger partial charge on any atom is 0.387 e. The highest BCUT2D eigenvalue weighted by Gasteiger charge is 2.13. The molecule has 0 atom stereocenters. The van der Waals surface area contributed by atoms with Crippen LogP contribution < -0.4 is 4.74 Å². The van der Waals surface area contributed by atoms with Gasteiger partial charge in [-0.1, -0.05) is 6.07 Å². The van der Waals surface area contributed by atoms with Crippen LogP contribution >= 0.6 is 0 Å². The molecule has 0 aliphatic carbocycles. The van der Waals surface area contributed by atoms with E-state index < -0.39 is 12.4 Å². The van der Waals surface area contributed by atoms with Gasteiger partial charge < -0.3 is 4.74 Å². The standard InChI is InChI=1S/C9H9F3O/c1-5-3-4-7(10)8(6(5)2)13-9(11)12/h3-4,9H,1-2H3. The first-order chi connectivity index (χ1) is 6.02. The molecule has 0 fully saturated rings. The molecular weight excluding hydrogens is 181 g/mol. The molecule has 1 rings (SSSR count). The van der Waals surface area contributed by atoms with E-state index in [1.165, 1.54) is 13.0 Å². The third-order valence-electron chi connectivity index (χ3n) is 1.84. The van der Waals surface area contributed by atoms with E-state index in [-0.39, 0.29) is 5.75 Å². The second-order valence-corrected chi connectivity index (χ2v) is 2.70. The Labute approximate surface area is 74.1 Å². The molecule has 1 aromatic rings. The van der Waals surface area contributed by atoms with Gasteiger partial charge in [-0.15, -0.1) is 0 Å². The van der Waals surface area contributed by atoms with Gasteiger partial charge in [-0.3, -0.25) is 0 Å². The molecule has 0 spiro atoms. The molecule has 0 N–H and O–H groups in total. The largest absolute Gasteiger partial charge is 0.431 e. The van der Waals surface area contributed by atoms with E-state index in [4.69, 9.17) is 0 Å². The Kier molecular flexibility index (Phi) is 2.80. The average molecular weight is 190 g/mol. The highest BCUT2D eigenvalue weighted by Crippen LogP contribution is 2.26. The van der Waals surface area contributed by atoms with Crippen LogP contribution in [0.5, 0.6) is 5.75 Å². The second kappa shape index (κ2) is 3.68. The first-order valence-electron chi connectivity index (χ1n) is 3.73.